The van der Waals surface area contributed by atoms with Crippen molar-refractivity contribution in [1.82, 2.24) is 20.2 Å². The molecule has 2 unspecified atom stereocenters. The van der Waals surface area contributed by atoms with Gasteiger partial charge in [0.15, 0.2) is 0 Å². The number of nitrogens with one attached hydrogen (secondary N) is 1. The molecule has 2 fully saturated rings. The summed E-state index contributed by atoms with van der Waals surface area (Å²) in [4.78, 5) is 40.2. The van der Waals surface area contributed by atoms with Crippen molar-refractivity contribution in [2.45, 2.75) is 43.4 Å². The predicted octanol–water partition coefficient (Wildman–Crippen LogP) is 3.27. The first-order valence-corrected chi connectivity index (χ1v) is 11.3. The molecule has 220 valence electrons. The van der Waals surface area contributed by atoms with Crippen LogP contribution < -0.4 is 10.1 Å². The van der Waals surface area contributed by atoms with Crippen LogP contribution >= 0.6 is 0 Å². The second kappa shape index (κ2) is 13.8. The van der Waals surface area contributed by atoms with Gasteiger partial charge in [-0.2, -0.15) is 26.3 Å². The SMILES string of the molecule is O=C(NCc1cccnc1)N1CCC2(CC(Oc3cccnc3)CO2)C1.O=C(O)C(F)(F)F.O=C(O)C(F)(F)F. The Kier molecular flexibility index (Phi) is 11.0. The monoisotopic (exact) mass is 582 g/mol. The Hall–Kier alpha value is -4.15. The van der Waals surface area contributed by atoms with Gasteiger partial charge in [-0.25, -0.2) is 14.4 Å². The zero-order chi connectivity index (χ0) is 30.0. The number of likely N-dealkylation sites (tertiary alicyclic amines) is 1. The van der Waals surface area contributed by atoms with Gasteiger partial charge >= 0.3 is 30.3 Å². The molecule has 2 aromatic heterocycles. The summed E-state index contributed by atoms with van der Waals surface area (Å²) in [6.45, 7) is 2.31. The van der Waals surface area contributed by atoms with E-state index >= 15 is 0 Å². The van der Waals surface area contributed by atoms with Gasteiger partial charge in [0.05, 0.1) is 24.9 Å². The molecule has 2 aromatic rings. The Bertz CT molecular complexity index is 1100. The molecule has 40 heavy (non-hydrogen) atoms. The molecule has 0 bridgehead atoms. The number of aromatic nitrogens is 2. The minimum atomic E-state index is -5.08. The number of carboxylic acids is 2. The molecule has 2 amide bonds. The van der Waals surface area contributed by atoms with E-state index in [2.05, 4.69) is 15.3 Å². The average Bonchev–Trinajstić information content (AvgIpc) is 3.49. The van der Waals surface area contributed by atoms with Crippen LogP contribution in [0, 0.1) is 0 Å². The van der Waals surface area contributed by atoms with Crippen molar-refractivity contribution in [3.8, 4) is 5.75 Å². The highest BCUT2D eigenvalue weighted by atomic mass is 19.4. The maximum absolute atomic E-state index is 12.4. The highest BCUT2D eigenvalue weighted by Crippen LogP contribution is 2.36. The summed E-state index contributed by atoms with van der Waals surface area (Å²) < 4.78 is 75.5. The van der Waals surface area contributed by atoms with Crippen LogP contribution in [-0.4, -0.2) is 86.8 Å². The first-order valence-electron chi connectivity index (χ1n) is 11.3. The van der Waals surface area contributed by atoms with Crippen LogP contribution in [0.1, 0.15) is 18.4 Å². The number of hydrogen-bond acceptors (Lipinski definition) is 7. The Morgan fingerprint density at radius 2 is 1.60 bits per heavy atom. The van der Waals surface area contributed by atoms with Crippen LogP contribution in [0.25, 0.3) is 0 Å². The van der Waals surface area contributed by atoms with Crippen LogP contribution in [-0.2, 0) is 20.9 Å². The Morgan fingerprint density at radius 3 is 2.10 bits per heavy atom. The summed E-state index contributed by atoms with van der Waals surface area (Å²) in [5.74, 6) is -4.76. The third-order valence-electron chi connectivity index (χ3n) is 5.37. The maximum atomic E-state index is 12.4. The number of carbonyl (C=O) groups is 3. The lowest BCUT2D eigenvalue weighted by Gasteiger charge is -2.23. The summed E-state index contributed by atoms with van der Waals surface area (Å²) in [5, 5.41) is 17.2. The van der Waals surface area contributed by atoms with E-state index in [-0.39, 0.29) is 17.7 Å². The molecule has 17 heteroatoms. The van der Waals surface area contributed by atoms with Crippen LogP contribution in [0.4, 0.5) is 31.1 Å². The van der Waals surface area contributed by atoms with Gasteiger partial charge in [-0.1, -0.05) is 6.07 Å². The van der Waals surface area contributed by atoms with Crippen molar-refractivity contribution < 1.29 is 60.4 Å². The number of rotatable bonds is 4. The first-order chi connectivity index (χ1) is 18.6. The molecule has 1 spiro atoms. The zero-order valence-corrected chi connectivity index (χ0v) is 20.5. The molecule has 2 aliphatic heterocycles. The van der Waals surface area contributed by atoms with Gasteiger partial charge in [0.1, 0.15) is 11.9 Å². The van der Waals surface area contributed by atoms with Crippen molar-refractivity contribution in [1.29, 1.82) is 0 Å². The normalized spacial score (nSPS) is 20.1. The lowest BCUT2D eigenvalue weighted by molar-refractivity contribution is -0.193. The maximum Gasteiger partial charge on any atom is 0.490 e. The molecule has 2 aliphatic rings. The molecule has 0 saturated carbocycles. The molecule has 11 nitrogen and oxygen atoms in total. The van der Waals surface area contributed by atoms with E-state index in [9.17, 15) is 31.1 Å². The van der Waals surface area contributed by atoms with Gasteiger partial charge < -0.3 is 29.9 Å². The van der Waals surface area contributed by atoms with Crippen molar-refractivity contribution in [2.75, 3.05) is 19.7 Å². The number of nitrogens with zero attached hydrogens (tertiary/aromatic N) is 3. The third kappa shape index (κ3) is 10.5. The van der Waals surface area contributed by atoms with Crippen LogP contribution in [0.15, 0.2) is 49.1 Å². The largest absolute Gasteiger partial charge is 0.490 e. The van der Waals surface area contributed by atoms with E-state index < -0.39 is 24.3 Å². The number of pyridine rings is 2. The summed E-state index contributed by atoms with van der Waals surface area (Å²) in [5.41, 5.74) is 0.690. The number of urea groups is 1. The number of carboxylic acid groups (broad SMARTS) is 2. The van der Waals surface area contributed by atoms with Gasteiger partial charge in [-0.3, -0.25) is 9.97 Å². The third-order valence-corrected chi connectivity index (χ3v) is 5.37. The van der Waals surface area contributed by atoms with E-state index in [1.165, 1.54) is 0 Å². The lowest BCUT2D eigenvalue weighted by atomic mass is 9.98. The molecule has 0 aromatic carbocycles. The van der Waals surface area contributed by atoms with E-state index in [1.807, 2.05) is 29.2 Å². The number of alkyl halides is 6. The fourth-order valence-electron chi connectivity index (χ4n) is 3.58. The minimum Gasteiger partial charge on any atom is -0.486 e. The fraction of sp³-hybridized carbons (Fsp3) is 0.435. The molecule has 4 heterocycles. The molecule has 3 N–H and O–H groups in total. The van der Waals surface area contributed by atoms with Crippen LogP contribution in [0.2, 0.25) is 0 Å². The van der Waals surface area contributed by atoms with Gasteiger partial charge in [-0.15, -0.1) is 0 Å². The number of halogens is 6. The Morgan fingerprint density at radius 1 is 1.02 bits per heavy atom. The summed E-state index contributed by atoms with van der Waals surface area (Å²) in [7, 11) is 0. The number of aliphatic carboxylic acids is 2. The van der Waals surface area contributed by atoms with Gasteiger partial charge in [0.25, 0.3) is 0 Å². The highest BCUT2D eigenvalue weighted by Gasteiger charge is 2.47. The van der Waals surface area contributed by atoms with Crippen molar-refractivity contribution in [2.24, 2.45) is 0 Å². The van der Waals surface area contributed by atoms with E-state index in [0.29, 0.717) is 26.2 Å². The van der Waals surface area contributed by atoms with E-state index in [0.717, 1.165) is 24.2 Å². The lowest BCUT2D eigenvalue weighted by Crippen LogP contribution is -2.41. The second-order valence-electron chi connectivity index (χ2n) is 8.42. The van der Waals surface area contributed by atoms with Crippen molar-refractivity contribution >= 4 is 18.0 Å². The summed E-state index contributed by atoms with van der Waals surface area (Å²) >= 11 is 0. The van der Waals surface area contributed by atoms with Gasteiger partial charge in [-0.05, 0) is 30.2 Å². The molecule has 4 rings (SSSR count). The zero-order valence-electron chi connectivity index (χ0n) is 20.5. The van der Waals surface area contributed by atoms with Crippen LogP contribution in [0.3, 0.4) is 0 Å². The number of ether oxygens (including phenoxy) is 2. The fourth-order valence-corrected chi connectivity index (χ4v) is 3.58. The molecular weight excluding hydrogens is 558 g/mol. The van der Waals surface area contributed by atoms with Crippen molar-refractivity contribution in [3.63, 3.8) is 0 Å². The predicted molar refractivity (Wildman–Crippen MR) is 122 cm³/mol. The molecule has 0 radical (unpaired) electrons. The highest BCUT2D eigenvalue weighted by molar-refractivity contribution is 5.74. The van der Waals surface area contributed by atoms with Gasteiger partial charge in [0.2, 0.25) is 0 Å². The van der Waals surface area contributed by atoms with E-state index in [4.69, 9.17) is 29.3 Å². The molecule has 2 atom stereocenters. The quantitative estimate of drug-likeness (QED) is 0.462. The minimum absolute atomic E-state index is 0.00222. The van der Waals surface area contributed by atoms with Gasteiger partial charge in [0, 0.05) is 38.1 Å². The van der Waals surface area contributed by atoms with E-state index in [1.54, 1.807) is 24.8 Å². The smallest absolute Gasteiger partial charge is 0.486 e. The Labute approximate surface area is 222 Å². The number of carbonyl (C=O) groups excluding carboxylic acids is 1. The topological polar surface area (TPSA) is 151 Å². The summed E-state index contributed by atoms with van der Waals surface area (Å²) in [6.07, 6.45) is -1.65. The molecular formula is C23H24F6N4O7. The number of hydrogen-bond donors (Lipinski definition) is 3. The number of amides is 2. The standard InChI is InChI=1S/C19H22N4O3.2C2HF3O2/c24-18(22-11-15-3-1-6-20-10-15)23-8-5-19(14-23)9-17(13-25-19)26-16-4-2-7-21-12-16;2*3-2(4,5)1(6)7/h1-4,6-7,10,12,17H,5,8-9,11,13-14H2,(H,22,24);2*(H,6,7). The Balaban J connectivity index is 0.000000333. The molecule has 0 aliphatic carbocycles. The molecule has 2 saturated heterocycles. The van der Waals surface area contributed by atoms with Crippen molar-refractivity contribution in [3.05, 3.63) is 54.6 Å². The first kappa shape index (κ1) is 32.1. The summed E-state index contributed by atoms with van der Waals surface area (Å²) in [6, 6.07) is 7.49. The van der Waals surface area contributed by atoms with Crippen LogP contribution in [0.5, 0.6) is 5.75 Å². The average molecular weight is 582 g/mol. The second-order valence-corrected chi connectivity index (χ2v) is 8.42.